The maximum Gasteiger partial charge on any atom is 0.338 e. The van der Waals surface area contributed by atoms with Gasteiger partial charge in [-0.3, -0.25) is 9.36 Å². The Morgan fingerprint density at radius 2 is 1.91 bits per heavy atom. The molecular formula is C33H32N2O8S. The number of ether oxygens (including phenoxy) is 3. The molecule has 0 bridgehead atoms. The molecule has 2 aromatic carbocycles. The van der Waals surface area contributed by atoms with E-state index in [2.05, 4.69) is 4.99 Å². The summed E-state index contributed by atoms with van der Waals surface area (Å²) < 4.78 is 24.7. The summed E-state index contributed by atoms with van der Waals surface area (Å²) >= 11 is 1.17. The monoisotopic (exact) mass is 616 g/mol. The highest BCUT2D eigenvalue weighted by molar-refractivity contribution is 7.07. The summed E-state index contributed by atoms with van der Waals surface area (Å²) in [4.78, 5) is 43.9. The fourth-order valence-corrected chi connectivity index (χ4v) is 6.18. The third kappa shape index (κ3) is 5.70. The van der Waals surface area contributed by atoms with Crippen molar-refractivity contribution >= 4 is 29.4 Å². The molecule has 1 aliphatic heterocycles. The molecule has 0 unspecified atom stereocenters. The van der Waals surface area contributed by atoms with E-state index in [1.165, 1.54) is 29.1 Å². The highest BCUT2D eigenvalue weighted by atomic mass is 32.1. The first-order valence-corrected chi connectivity index (χ1v) is 14.8. The third-order valence-electron chi connectivity index (χ3n) is 7.11. The molecule has 3 heterocycles. The fourth-order valence-electron chi connectivity index (χ4n) is 5.15. The number of allylic oxidation sites excluding steroid dienone is 1. The second-order valence-corrected chi connectivity index (χ2v) is 11.4. The van der Waals surface area contributed by atoms with Gasteiger partial charge in [-0.25, -0.2) is 14.6 Å². The van der Waals surface area contributed by atoms with Crippen LogP contribution in [0.2, 0.25) is 0 Å². The van der Waals surface area contributed by atoms with Crippen molar-refractivity contribution in [1.82, 2.24) is 4.57 Å². The maximum atomic E-state index is 14.0. The molecule has 4 aromatic rings. The van der Waals surface area contributed by atoms with Gasteiger partial charge in [-0.05, 0) is 76.1 Å². The van der Waals surface area contributed by atoms with Crippen molar-refractivity contribution < 1.29 is 33.3 Å². The Morgan fingerprint density at radius 3 is 2.59 bits per heavy atom. The van der Waals surface area contributed by atoms with Crippen molar-refractivity contribution in [1.29, 1.82) is 0 Å². The quantitative estimate of drug-likeness (QED) is 0.264. The predicted octanol–water partition coefficient (Wildman–Crippen LogP) is 4.86. The van der Waals surface area contributed by atoms with E-state index in [0.717, 1.165) is 0 Å². The molecule has 1 aliphatic rings. The summed E-state index contributed by atoms with van der Waals surface area (Å²) in [5.41, 5.74) is 2.34. The standard InChI is InChI=1S/C33H32N2O8S/c1-7-41-32(39)28-19(5)34-33-35(29(28)20-11-13-25(42-17(2)3)26(15-20)40-6)30(36)27(44-33)16-21-12-14-24(43-21)22-9-8-10-23(18(22)4)31(37)38/h8-17,29H,7H2,1-6H3,(H,37,38)/b27-16-/t29-/m1/s1. The molecule has 0 saturated carbocycles. The second-order valence-electron chi connectivity index (χ2n) is 10.4. The number of rotatable bonds is 9. The number of fused-ring (bicyclic) bond motifs is 1. The smallest absolute Gasteiger partial charge is 0.338 e. The van der Waals surface area contributed by atoms with E-state index in [9.17, 15) is 19.5 Å². The van der Waals surface area contributed by atoms with Crippen LogP contribution in [0.4, 0.5) is 0 Å². The number of carboxylic acids is 1. The molecule has 5 rings (SSSR count). The van der Waals surface area contributed by atoms with Gasteiger partial charge < -0.3 is 23.7 Å². The molecule has 0 saturated heterocycles. The molecule has 2 aromatic heterocycles. The molecule has 0 spiro atoms. The number of hydrogen-bond donors (Lipinski definition) is 1. The van der Waals surface area contributed by atoms with Crippen LogP contribution < -0.4 is 24.4 Å². The lowest BCUT2D eigenvalue weighted by Gasteiger charge is -2.25. The highest BCUT2D eigenvalue weighted by Crippen LogP contribution is 2.36. The van der Waals surface area contributed by atoms with Gasteiger partial charge in [-0.1, -0.05) is 29.5 Å². The van der Waals surface area contributed by atoms with Crippen molar-refractivity contribution in [2.75, 3.05) is 13.7 Å². The highest BCUT2D eigenvalue weighted by Gasteiger charge is 2.34. The molecule has 11 heteroatoms. The summed E-state index contributed by atoms with van der Waals surface area (Å²) in [5, 5.41) is 9.50. The third-order valence-corrected chi connectivity index (χ3v) is 8.10. The van der Waals surface area contributed by atoms with Crippen molar-refractivity contribution in [2.45, 2.75) is 46.8 Å². The van der Waals surface area contributed by atoms with E-state index >= 15 is 0 Å². The number of aromatic carboxylic acids is 1. The Hall–Kier alpha value is -4.90. The van der Waals surface area contributed by atoms with Gasteiger partial charge in [0.2, 0.25) is 0 Å². The Morgan fingerprint density at radius 1 is 1.14 bits per heavy atom. The number of methoxy groups -OCH3 is 1. The first kappa shape index (κ1) is 30.6. The number of nitrogens with zero attached hydrogens (tertiary/aromatic N) is 2. The molecule has 44 heavy (non-hydrogen) atoms. The molecule has 1 atom stereocenters. The zero-order valence-corrected chi connectivity index (χ0v) is 26.0. The number of hydrogen-bond acceptors (Lipinski definition) is 9. The van der Waals surface area contributed by atoms with Crippen molar-refractivity contribution in [3.05, 3.63) is 102 Å². The van der Waals surface area contributed by atoms with Crippen LogP contribution in [0.3, 0.4) is 0 Å². The topological polar surface area (TPSA) is 130 Å². The summed E-state index contributed by atoms with van der Waals surface area (Å²) in [7, 11) is 1.53. The average molecular weight is 617 g/mol. The van der Waals surface area contributed by atoms with Gasteiger partial charge in [0.1, 0.15) is 11.5 Å². The van der Waals surface area contributed by atoms with Crippen LogP contribution in [0, 0.1) is 6.92 Å². The van der Waals surface area contributed by atoms with E-state index in [-0.39, 0.29) is 29.4 Å². The molecule has 228 valence electrons. The number of carbonyl (C=O) groups excluding carboxylic acids is 1. The molecule has 0 aliphatic carbocycles. The lowest BCUT2D eigenvalue weighted by molar-refractivity contribution is -0.139. The largest absolute Gasteiger partial charge is 0.493 e. The SMILES string of the molecule is CCOC(=O)C1=C(C)N=c2s/c(=C\c3ccc(-c4cccc(C(=O)O)c4C)o3)c(=O)n2[C@@H]1c1ccc(OC(C)C)c(OC)c1. The van der Waals surface area contributed by atoms with E-state index in [4.69, 9.17) is 18.6 Å². The Balaban J connectivity index is 1.64. The number of thiazole rings is 1. The summed E-state index contributed by atoms with van der Waals surface area (Å²) in [6, 6.07) is 12.9. The van der Waals surface area contributed by atoms with Gasteiger partial charge in [0, 0.05) is 11.6 Å². The number of benzene rings is 2. The summed E-state index contributed by atoms with van der Waals surface area (Å²) in [5.74, 6) is 0.281. The fraction of sp³-hybridized carbons (Fsp3) is 0.273. The average Bonchev–Trinajstić information content (AvgIpc) is 3.56. The van der Waals surface area contributed by atoms with E-state index in [1.54, 1.807) is 69.3 Å². The number of aromatic nitrogens is 1. The molecule has 10 nitrogen and oxygen atoms in total. The number of carbonyl (C=O) groups is 2. The van der Waals surface area contributed by atoms with Crippen LogP contribution in [-0.4, -0.2) is 41.4 Å². The minimum atomic E-state index is -1.02. The van der Waals surface area contributed by atoms with Gasteiger partial charge in [-0.15, -0.1) is 0 Å². The second kappa shape index (κ2) is 12.4. The van der Waals surface area contributed by atoms with Crippen LogP contribution in [0.1, 0.15) is 61.0 Å². The van der Waals surface area contributed by atoms with Crippen molar-refractivity contribution in [3.8, 4) is 22.8 Å². The molecule has 1 N–H and O–H groups in total. The molecule has 0 fully saturated rings. The molecular weight excluding hydrogens is 584 g/mol. The predicted molar refractivity (Wildman–Crippen MR) is 165 cm³/mol. The Bertz CT molecular complexity index is 1980. The lowest BCUT2D eigenvalue weighted by Crippen LogP contribution is -2.40. The van der Waals surface area contributed by atoms with Crippen molar-refractivity contribution in [3.63, 3.8) is 0 Å². The van der Waals surface area contributed by atoms with E-state index in [0.29, 0.717) is 54.7 Å². The van der Waals surface area contributed by atoms with Crippen LogP contribution in [0.25, 0.3) is 17.4 Å². The number of esters is 1. The Labute approximate surface area is 257 Å². The van der Waals surface area contributed by atoms with Crippen LogP contribution >= 0.6 is 11.3 Å². The summed E-state index contributed by atoms with van der Waals surface area (Å²) in [6.07, 6.45) is 1.53. The molecule has 0 amide bonds. The molecule has 0 radical (unpaired) electrons. The van der Waals surface area contributed by atoms with Gasteiger partial charge in [0.25, 0.3) is 5.56 Å². The first-order valence-electron chi connectivity index (χ1n) is 14.0. The van der Waals surface area contributed by atoms with E-state index < -0.39 is 18.0 Å². The van der Waals surface area contributed by atoms with Gasteiger partial charge in [0.15, 0.2) is 16.3 Å². The van der Waals surface area contributed by atoms with Crippen LogP contribution in [-0.2, 0) is 9.53 Å². The zero-order valence-electron chi connectivity index (χ0n) is 25.2. The first-order chi connectivity index (χ1) is 21.0. The normalized spacial score (nSPS) is 14.8. The van der Waals surface area contributed by atoms with Crippen molar-refractivity contribution in [2.24, 2.45) is 4.99 Å². The minimum Gasteiger partial charge on any atom is -0.493 e. The number of carboxylic acid groups (broad SMARTS) is 1. The minimum absolute atomic E-state index is 0.0863. The zero-order chi connectivity index (χ0) is 31.7. The van der Waals surface area contributed by atoms with Gasteiger partial charge in [-0.2, -0.15) is 0 Å². The summed E-state index contributed by atoms with van der Waals surface area (Å²) in [6.45, 7) is 9.14. The Kier molecular flexibility index (Phi) is 8.59. The maximum absolute atomic E-state index is 14.0. The lowest BCUT2D eigenvalue weighted by atomic mass is 9.95. The van der Waals surface area contributed by atoms with Crippen LogP contribution in [0.5, 0.6) is 11.5 Å². The van der Waals surface area contributed by atoms with Gasteiger partial charge in [0.05, 0.1) is 47.2 Å². The van der Waals surface area contributed by atoms with E-state index in [1.807, 2.05) is 13.8 Å². The van der Waals surface area contributed by atoms with Gasteiger partial charge >= 0.3 is 11.9 Å². The van der Waals surface area contributed by atoms with Crippen LogP contribution in [0.15, 0.2) is 74.0 Å². The number of furan rings is 1.